The number of benzene rings is 1. The summed E-state index contributed by atoms with van der Waals surface area (Å²) in [6.07, 6.45) is 16.8. The van der Waals surface area contributed by atoms with E-state index in [2.05, 4.69) is 52.7 Å². The third-order valence-corrected chi connectivity index (χ3v) is 6.39. The molecule has 1 aliphatic rings. The standard InChI is InChI=1S/C22H32IN/c1-2-3-4-5-6-7-8-9-10-17-11-14-21-20(15-17)19-13-12-18(23)16-22(19)24-21/h12-13,16-17,24H,2-11,14-15H2,1H3. The summed E-state index contributed by atoms with van der Waals surface area (Å²) in [6.45, 7) is 2.30. The van der Waals surface area contributed by atoms with Crippen LogP contribution in [0.2, 0.25) is 0 Å². The van der Waals surface area contributed by atoms with Crippen LogP contribution in [0.1, 0.15) is 82.4 Å². The molecule has 0 bridgehead atoms. The van der Waals surface area contributed by atoms with Gasteiger partial charge in [0, 0.05) is 20.2 Å². The molecule has 0 saturated carbocycles. The molecule has 0 amide bonds. The predicted octanol–water partition coefficient (Wildman–Crippen LogP) is 7.41. The first kappa shape index (κ1) is 18.3. The Balaban J connectivity index is 1.43. The summed E-state index contributed by atoms with van der Waals surface area (Å²) in [5.41, 5.74) is 4.48. The molecule has 1 aliphatic carbocycles. The van der Waals surface area contributed by atoms with Crippen LogP contribution >= 0.6 is 22.6 Å². The van der Waals surface area contributed by atoms with Crippen molar-refractivity contribution in [2.24, 2.45) is 5.92 Å². The first-order chi connectivity index (χ1) is 11.8. The molecule has 0 fully saturated rings. The minimum absolute atomic E-state index is 0.913. The van der Waals surface area contributed by atoms with Gasteiger partial charge < -0.3 is 4.98 Å². The Morgan fingerprint density at radius 1 is 1.04 bits per heavy atom. The third-order valence-electron chi connectivity index (χ3n) is 5.72. The van der Waals surface area contributed by atoms with E-state index in [0.29, 0.717) is 0 Å². The molecule has 24 heavy (non-hydrogen) atoms. The van der Waals surface area contributed by atoms with E-state index in [1.54, 1.807) is 5.56 Å². The third kappa shape index (κ3) is 4.77. The minimum atomic E-state index is 0.913. The second-order valence-corrected chi connectivity index (χ2v) is 8.89. The molecule has 0 spiro atoms. The van der Waals surface area contributed by atoms with Crippen molar-refractivity contribution in [1.82, 2.24) is 4.98 Å². The van der Waals surface area contributed by atoms with E-state index < -0.39 is 0 Å². The number of fused-ring (bicyclic) bond motifs is 3. The summed E-state index contributed by atoms with van der Waals surface area (Å²) in [5.74, 6) is 0.913. The molecule has 1 aromatic carbocycles. The van der Waals surface area contributed by atoms with Crippen molar-refractivity contribution >= 4 is 33.5 Å². The molecule has 1 aromatic heterocycles. The Morgan fingerprint density at radius 3 is 2.58 bits per heavy atom. The number of rotatable bonds is 9. The average molecular weight is 437 g/mol. The van der Waals surface area contributed by atoms with Gasteiger partial charge in [0.2, 0.25) is 0 Å². The maximum absolute atomic E-state index is 3.67. The van der Waals surface area contributed by atoms with Gasteiger partial charge in [0.05, 0.1) is 0 Å². The lowest BCUT2D eigenvalue weighted by atomic mass is 9.83. The van der Waals surface area contributed by atoms with Gasteiger partial charge in [0.25, 0.3) is 0 Å². The number of aromatic nitrogens is 1. The molecule has 2 aromatic rings. The fourth-order valence-electron chi connectivity index (χ4n) is 4.28. The van der Waals surface area contributed by atoms with E-state index >= 15 is 0 Å². The lowest BCUT2D eigenvalue weighted by Gasteiger charge is -2.22. The van der Waals surface area contributed by atoms with Crippen LogP contribution in [-0.2, 0) is 12.8 Å². The van der Waals surface area contributed by atoms with Crippen LogP contribution in [0, 0.1) is 9.49 Å². The fourth-order valence-corrected chi connectivity index (χ4v) is 4.77. The molecule has 1 N–H and O–H groups in total. The highest BCUT2D eigenvalue weighted by molar-refractivity contribution is 14.1. The zero-order valence-corrected chi connectivity index (χ0v) is 17.3. The smallest absolute Gasteiger partial charge is 0.0469 e. The summed E-state index contributed by atoms with van der Waals surface area (Å²) in [4.78, 5) is 3.67. The van der Waals surface area contributed by atoms with Gasteiger partial charge in [-0.1, -0.05) is 70.8 Å². The van der Waals surface area contributed by atoms with Gasteiger partial charge in [0.15, 0.2) is 0 Å². The van der Waals surface area contributed by atoms with Crippen molar-refractivity contribution < 1.29 is 0 Å². The normalized spacial score (nSPS) is 17.3. The van der Waals surface area contributed by atoms with Gasteiger partial charge in [-0.05, 0) is 65.5 Å². The van der Waals surface area contributed by atoms with Crippen LogP contribution in [0.5, 0.6) is 0 Å². The van der Waals surface area contributed by atoms with E-state index in [0.717, 1.165) is 5.92 Å². The second-order valence-electron chi connectivity index (χ2n) is 7.64. The number of hydrogen-bond acceptors (Lipinski definition) is 0. The van der Waals surface area contributed by atoms with Gasteiger partial charge in [-0.2, -0.15) is 0 Å². The second kappa shape index (κ2) is 9.26. The van der Waals surface area contributed by atoms with Crippen molar-refractivity contribution in [3.8, 4) is 0 Å². The minimum Gasteiger partial charge on any atom is -0.358 e. The number of aryl methyl sites for hydroxylation is 1. The van der Waals surface area contributed by atoms with Crippen molar-refractivity contribution in [2.45, 2.75) is 84.0 Å². The van der Waals surface area contributed by atoms with Crippen molar-refractivity contribution in [3.63, 3.8) is 0 Å². The number of aromatic amines is 1. The SMILES string of the molecule is CCCCCCCCCCC1CCc2[nH]c3cc(I)ccc3c2C1. The summed E-state index contributed by atoms with van der Waals surface area (Å²) >= 11 is 2.41. The lowest BCUT2D eigenvalue weighted by molar-refractivity contribution is 0.403. The van der Waals surface area contributed by atoms with Crippen LogP contribution in [0.3, 0.4) is 0 Å². The number of H-pyrrole nitrogens is 1. The summed E-state index contributed by atoms with van der Waals surface area (Å²) in [5, 5.41) is 1.48. The Morgan fingerprint density at radius 2 is 1.79 bits per heavy atom. The monoisotopic (exact) mass is 437 g/mol. The lowest BCUT2D eigenvalue weighted by Crippen LogP contribution is -2.13. The molecule has 1 unspecified atom stereocenters. The molecule has 1 nitrogen and oxygen atoms in total. The highest BCUT2D eigenvalue weighted by atomic mass is 127. The predicted molar refractivity (Wildman–Crippen MR) is 114 cm³/mol. The molecule has 1 atom stereocenters. The highest BCUT2D eigenvalue weighted by Crippen LogP contribution is 2.34. The molecule has 3 rings (SSSR count). The highest BCUT2D eigenvalue weighted by Gasteiger charge is 2.22. The Labute approximate surface area is 161 Å². The largest absolute Gasteiger partial charge is 0.358 e. The number of nitrogens with one attached hydrogen (secondary N) is 1. The molecular weight excluding hydrogens is 405 g/mol. The molecule has 2 heteroatoms. The summed E-state index contributed by atoms with van der Waals surface area (Å²) in [7, 11) is 0. The molecule has 0 saturated heterocycles. The van der Waals surface area contributed by atoms with E-state index in [1.165, 1.54) is 97.2 Å². The number of halogens is 1. The van der Waals surface area contributed by atoms with Gasteiger partial charge in [-0.3, -0.25) is 0 Å². The molecular formula is C22H32IN. The molecule has 1 heterocycles. The maximum atomic E-state index is 3.67. The summed E-state index contributed by atoms with van der Waals surface area (Å²) in [6, 6.07) is 6.87. The van der Waals surface area contributed by atoms with Crippen LogP contribution in [0.15, 0.2) is 18.2 Å². The van der Waals surface area contributed by atoms with Gasteiger partial charge in [-0.25, -0.2) is 0 Å². The first-order valence-corrected chi connectivity index (χ1v) is 11.1. The number of hydrogen-bond donors (Lipinski definition) is 1. The van der Waals surface area contributed by atoms with Crippen LogP contribution in [-0.4, -0.2) is 4.98 Å². The fraction of sp³-hybridized carbons (Fsp3) is 0.636. The van der Waals surface area contributed by atoms with Crippen LogP contribution < -0.4 is 0 Å². The van der Waals surface area contributed by atoms with E-state index in [1.807, 2.05) is 0 Å². The van der Waals surface area contributed by atoms with Crippen molar-refractivity contribution in [3.05, 3.63) is 33.0 Å². The summed E-state index contributed by atoms with van der Waals surface area (Å²) < 4.78 is 1.33. The van der Waals surface area contributed by atoms with E-state index in [-0.39, 0.29) is 0 Å². The van der Waals surface area contributed by atoms with Gasteiger partial charge >= 0.3 is 0 Å². The quantitative estimate of drug-likeness (QED) is 0.311. The van der Waals surface area contributed by atoms with Gasteiger partial charge in [-0.15, -0.1) is 0 Å². The molecule has 0 aliphatic heterocycles. The number of unbranched alkanes of at least 4 members (excludes halogenated alkanes) is 7. The molecule has 132 valence electrons. The zero-order valence-electron chi connectivity index (χ0n) is 15.2. The zero-order chi connectivity index (χ0) is 16.8. The van der Waals surface area contributed by atoms with Crippen molar-refractivity contribution in [1.29, 1.82) is 0 Å². The molecule has 0 radical (unpaired) electrons. The van der Waals surface area contributed by atoms with Crippen LogP contribution in [0.4, 0.5) is 0 Å². The topological polar surface area (TPSA) is 15.8 Å². The van der Waals surface area contributed by atoms with Crippen LogP contribution in [0.25, 0.3) is 10.9 Å². The van der Waals surface area contributed by atoms with Crippen molar-refractivity contribution in [2.75, 3.05) is 0 Å². The van der Waals surface area contributed by atoms with Gasteiger partial charge in [0.1, 0.15) is 0 Å². The Bertz CT molecular complexity index is 643. The first-order valence-electron chi connectivity index (χ1n) is 10.1. The Hall–Kier alpha value is -0.510. The Kier molecular flexibility index (Phi) is 7.06. The van der Waals surface area contributed by atoms with E-state index in [9.17, 15) is 0 Å². The average Bonchev–Trinajstić information content (AvgIpc) is 2.94. The van der Waals surface area contributed by atoms with E-state index in [4.69, 9.17) is 0 Å². The maximum Gasteiger partial charge on any atom is 0.0469 e.